The molecule has 17 heavy (non-hydrogen) atoms. The summed E-state index contributed by atoms with van der Waals surface area (Å²) in [4.78, 5) is 2.79. The Morgan fingerprint density at radius 2 is 2.41 bits per heavy atom. The van der Waals surface area contributed by atoms with E-state index < -0.39 is 0 Å². The predicted molar refractivity (Wildman–Crippen MR) is 76.7 cm³/mol. The van der Waals surface area contributed by atoms with E-state index in [2.05, 4.69) is 48.1 Å². The molecule has 3 unspecified atom stereocenters. The Bertz CT molecular complexity index is 379. The molecule has 1 aromatic rings. The van der Waals surface area contributed by atoms with Crippen molar-refractivity contribution in [3.05, 3.63) is 20.3 Å². The molecule has 2 rings (SSSR count). The number of hydrogen-bond donors (Lipinski definition) is 1. The van der Waals surface area contributed by atoms with Crippen molar-refractivity contribution in [2.75, 3.05) is 13.2 Å². The first-order valence-electron chi connectivity index (χ1n) is 6.24. The molecule has 0 bridgehead atoms. The van der Waals surface area contributed by atoms with Gasteiger partial charge >= 0.3 is 0 Å². The van der Waals surface area contributed by atoms with Crippen LogP contribution in [0, 0.1) is 12.8 Å². The largest absolute Gasteiger partial charge is 0.378 e. The molecule has 1 N–H and O–H groups in total. The maximum atomic E-state index is 5.71. The van der Waals surface area contributed by atoms with Crippen molar-refractivity contribution < 1.29 is 4.74 Å². The summed E-state index contributed by atoms with van der Waals surface area (Å²) in [6, 6.07) is 2.63. The normalized spacial score (nSPS) is 26.4. The van der Waals surface area contributed by atoms with Crippen molar-refractivity contribution in [2.24, 2.45) is 5.92 Å². The van der Waals surface area contributed by atoms with Crippen LogP contribution < -0.4 is 5.32 Å². The van der Waals surface area contributed by atoms with E-state index in [1.165, 1.54) is 14.2 Å². The second-order valence-electron chi connectivity index (χ2n) is 4.63. The lowest BCUT2D eigenvalue weighted by Gasteiger charge is -2.26. The van der Waals surface area contributed by atoms with Gasteiger partial charge in [-0.2, -0.15) is 0 Å². The van der Waals surface area contributed by atoms with E-state index in [4.69, 9.17) is 4.74 Å². The van der Waals surface area contributed by atoms with Crippen LogP contribution in [0.25, 0.3) is 0 Å². The second kappa shape index (κ2) is 5.83. The summed E-state index contributed by atoms with van der Waals surface area (Å²) in [5, 5.41) is 3.63. The Morgan fingerprint density at radius 3 is 2.88 bits per heavy atom. The fraction of sp³-hybridized carbons (Fsp3) is 0.692. The number of halogens is 1. The van der Waals surface area contributed by atoms with Crippen molar-refractivity contribution in [1.29, 1.82) is 0 Å². The Balaban J connectivity index is 2.25. The Labute approximate surface area is 116 Å². The third-order valence-electron chi connectivity index (χ3n) is 3.41. The first kappa shape index (κ1) is 13.5. The molecule has 3 atom stereocenters. The first-order chi connectivity index (χ1) is 8.13. The quantitative estimate of drug-likeness (QED) is 0.909. The Morgan fingerprint density at radius 1 is 1.65 bits per heavy atom. The first-order valence-corrected chi connectivity index (χ1v) is 7.85. The van der Waals surface area contributed by atoms with E-state index in [0.29, 0.717) is 18.1 Å². The zero-order valence-corrected chi connectivity index (χ0v) is 13.0. The highest BCUT2D eigenvalue weighted by molar-refractivity contribution is 9.10. The van der Waals surface area contributed by atoms with Crippen LogP contribution in [0.2, 0.25) is 0 Å². The Hall–Kier alpha value is 0.1000. The van der Waals surface area contributed by atoms with Crippen molar-refractivity contribution >= 4 is 27.3 Å². The minimum absolute atomic E-state index is 0.355. The van der Waals surface area contributed by atoms with Gasteiger partial charge in [-0.05, 0) is 48.8 Å². The van der Waals surface area contributed by atoms with Crippen LogP contribution in [-0.4, -0.2) is 19.3 Å². The smallest absolute Gasteiger partial charge is 0.0594 e. The maximum absolute atomic E-state index is 5.71. The van der Waals surface area contributed by atoms with E-state index in [-0.39, 0.29) is 0 Å². The molecule has 0 spiro atoms. The van der Waals surface area contributed by atoms with Crippen LogP contribution in [0.1, 0.15) is 36.1 Å². The molecule has 0 radical (unpaired) electrons. The van der Waals surface area contributed by atoms with Crippen LogP contribution in [0.4, 0.5) is 0 Å². The zero-order chi connectivity index (χ0) is 12.4. The lowest BCUT2D eigenvalue weighted by atomic mass is 9.92. The SMILES string of the molecule is CCNC(c1sc(C)cc1Br)C1CCOC1C. The van der Waals surface area contributed by atoms with Crippen molar-refractivity contribution in [2.45, 2.75) is 39.3 Å². The molecule has 2 heterocycles. The van der Waals surface area contributed by atoms with Crippen LogP contribution in [-0.2, 0) is 4.74 Å². The molecular formula is C13H20BrNOS. The molecule has 2 nitrogen and oxygen atoms in total. The highest BCUT2D eigenvalue weighted by atomic mass is 79.9. The van der Waals surface area contributed by atoms with E-state index >= 15 is 0 Å². The summed E-state index contributed by atoms with van der Waals surface area (Å²) in [5.41, 5.74) is 0. The maximum Gasteiger partial charge on any atom is 0.0594 e. The van der Waals surface area contributed by atoms with E-state index in [0.717, 1.165) is 19.6 Å². The van der Waals surface area contributed by atoms with E-state index in [1.54, 1.807) is 0 Å². The zero-order valence-electron chi connectivity index (χ0n) is 10.6. The van der Waals surface area contributed by atoms with Crippen molar-refractivity contribution in [3.8, 4) is 0 Å². The number of aryl methyl sites for hydroxylation is 1. The van der Waals surface area contributed by atoms with E-state index in [1.807, 2.05) is 11.3 Å². The number of thiophene rings is 1. The summed E-state index contributed by atoms with van der Waals surface area (Å²) < 4.78 is 6.95. The molecule has 0 saturated carbocycles. The van der Waals surface area contributed by atoms with Crippen LogP contribution in [0.3, 0.4) is 0 Å². The van der Waals surface area contributed by atoms with Gasteiger partial charge in [-0.1, -0.05) is 6.92 Å². The summed E-state index contributed by atoms with van der Waals surface area (Å²) in [5.74, 6) is 0.587. The molecule has 0 aromatic carbocycles. The lowest BCUT2D eigenvalue weighted by molar-refractivity contribution is 0.0959. The van der Waals surface area contributed by atoms with Crippen molar-refractivity contribution in [1.82, 2.24) is 5.32 Å². The van der Waals surface area contributed by atoms with E-state index in [9.17, 15) is 0 Å². The molecule has 96 valence electrons. The van der Waals surface area contributed by atoms with Gasteiger partial charge in [0.15, 0.2) is 0 Å². The second-order valence-corrected chi connectivity index (χ2v) is 6.78. The summed E-state index contributed by atoms with van der Waals surface area (Å²) in [6.07, 6.45) is 1.51. The number of ether oxygens (including phenoxy) is 1. The summed E-state index contributed by atoms with van der Waals surface area (Å²) in [6.45, 7) is 8.42. The topological polar surface area (TPSA) is 21.3 Å². The molecular weight excluding hydrogens is 298 g/mol. The van der Waals surface area contributed by atoms with Gasteiger partial charge in [-0.3, -0.25) is 0 Å². The number of hydrogen-bond acceptors (Lipinski definition) is 3. The summed E-state index contributed by atoms with van der Waals surface area (Å²) >= 11 is 5.57. The minimum Gasteiger partial charge on any atom is -0.378 e. The molecule has 0 aliphatic carbocycles. The van der Waals surface area contributed by atoms with Crippen LogP contribution in [0.5, 0.6) is 0 Å². The van der Waals surface area contributed by atoms with Gasteiger partial charge in [0, 0.05) is 32.8 Å². The van der Waals surface area contributed by atoms with Gasteiger partial charge in [0.05, 0.1) is 6.10 Å². The lowest BCUT2D eigenvalue weighted by Crippen LogP contribution is -2.31. The summed E-state index contributed by atoms with van der Waals surface area (Å²) in [7, 11) is 0. The fourth-order valence-corrected chi connectivity index (χ4v) is 4.61. The molecule has 1 aliphatic heterocycles. The predicted octanol–water partition coefficient (Wildman–Crippen LogP) is 3.89. The van der Waals surface area contributed by atoms with Gasteiger partial charge < -0.3 is 10.1 Å². The van der Waals surface area contributed by atoms with Crippen LogP contribution in [0.15, 0.2) is 10.5 Å². The molecule has 1 aromatic heterocycles. The molecule has 1 fully saturated rings. The molecule has 1 saturated heterocycles. The standard InChI is InChI=1S/C13H20BrNOS/c1-4-15-12(10-5-6-16-9(10)3)13-11(14)7-8(2)17-13/h7,9-10,12,15H,4-6H2,1-3H3. The third kappa shape index (κ3) is 2.92. The number of nitrogens with one attached hydrogen (secondary N) is 1. The third-order valence-corrected chi connectivity index (χ3v) is 5.46. The fourth-order valence-electron chi connectivity index (χ4n) is 2.56. The molecule has 4 heteroatoms. The molecule has 0 amide bonds. The van der Waals surface area contributed by atoms with Gasteiger partial charge in [0.25, 0.3) is 0 Å². The van der Waals surface area contributed by atoms with Crippen LogP contribution >= 0.6 is 27.3 Å². The van der Waals surface area contributed by atoms with Gasteiger partial charge in [-0.15, -0.1) is 11.3 Å². The monoisotopic (exact) mass is 317 g/mol. The molecule has 1 aliphatic rings. The highest BCUT2D eigenvalue weighted by Gasteiger charge is 2.34. The van der Waals surface area contributed by atoms with Gasteiger partial charge in [-0.25, -0.2) is 0 Å². The Kier molecular flexibility index (Phi) is 4.64. The van der Waals surface area contributed by atoms with Gasteiger partial charge in [0.1, 0.15) is 0 Å². The van der Waals surface area contributed by atoms with Gasteiger partial charge in [0.2, 0.25) is 0 Å². The highest BCUT2D eigenvalue weighted by Crippen LogP contribution is 2.40. The average molecular weight is 318 g/mol. The van der Waals surface area contributed by atoms with Crippen molar-refractivity contribution in [3.63, 3.8) is 0 Å². The minimum atomic E-state index is 0.355. The average Bonchev–Trinajstić information content (AvgIpc) is 2.82. The number of rotatable bonds is 4.